The van der Waals surface area contributed by atoms with Gasteiger partial charge in [0.15, 0.2) is 5.78 Å². The number of nitrogens with one attached hydrogen (secondary N) is 1. The molecule has 1 N–H and O–H groups in total. The minimum Gasteiger partial charge on any atom is -0.497 e. The SMILES string of the molecule is COc1ccc(C(=O)CN2CCNC(=O)C2)cc1. The number of hydrogen-bond donors (Lipinski definition) is 1. The zero-order chi connectivity index (χ0) is 13.0. The lowest BCUT2D eigenvalue weighted by Crippen LogP contribution is -2.49. The van der Waals surface area contributed by atoms with Crippen LogP contribution in [0.4, 0.5) is 0 Å². The molecular formula is C13H16N2O3. The number of hydrogen-bond acceptors (Lipinski definition) is 4. The van der Waals surface area contributed by atoms with Crippen molar-refractivity contribution in [1.29, 1.82) is 0 Å². The Balaban J connectivity index is 1.96. The molecule has 18 heavy (non-hydrogen) atoms. The third-order valence-corrected chi connectivity index (χ3v) is 2.90. The summed E-state index contributed by atoms with van der Waals surface area (Å²) in [4.78, 5) is 25.1. The highest BCUT2D eigenvalue weighted by Gasteiger charge is 2.19. The Hall–Kier alpha value is -1.88. The van der Waals surface area contributed by atoms with Gasteiger partial charge in [-0.2, -0.15) is 0 Å². The van der Waals surface area contributed by atoms with Crippen LogP contribution in [0.2, 0.25) is 0 Å². The van der Waals surface area contributed by atoms with Gasteiger partial charge in [0.2, 0.25) is 5.91 Å². The van der Waals surface area contributed by atoms with Gasteiger partial charge < -0.3 is 10.1 Å². The summed E-state index contributed by atoms with van der Waals surface area (Å²) in [6.07, 6.45) is 0. The highest BCUT2D eigenvalue weighted by atomic mass is 16.5. The van der Waals surface area contributed by atoms with Crippen molar-refractivity contribution in [3.8, 4) is 5.75 Å². The first-order valence-electron chi connectivity index (χ1n) is 5.85. The Labute approximate surface area is 106 Å². The van der Waals surface area contributed by atoms with Gasteiger partial charge in [-0.15, -0.1) is 0 Å². The lowest BCUT2D eigenvalue weighted by molar-refractivity contribution is -0.123. The number of amides is 1. The van der Waals surface area contributed by atoms with Crippen LogP contribution in [0.1, 0.15) is 10.4 Å². The first-order valence-corrected chi connectivity index (χ1v) is 5.85. The number of piperazine rings is 1. The number of ketones is 1. The summed E-state index contributed by atoms with van der Waals surface area (Å²) < 4.78 is 5.04. The van der Waals surface area contributed by atoms with E-state index in [1.54, 1.807) is 31.4 Å². The van der Waals surface area contributed by atoms with Crippen LogP contribution < -0.4 is 10.1 Å². The lowest BCUT2D eigenvalue weighted by atomic mass is 10.1. The van der Waals surface area contributed by atoms with Gasteiger partial charge in [-0.3, -0.25) is 14.5 Å². The molecule has 0 unspecified atom stereocenters. The van der Waals surface area contributed by atoms with E-state index in [1.807, 2.05) is 4.90 Å². The molecule has 0 atom stereocenters. The largest absolute Gasteiger partial charge is 0.497 e. The summed E-state index contributed by atoms with van der Waals surface area (Å²) >= 11 is 0. The van der Waals surface area contributed by atoms with Crippen LogP contribution in [0, 0.1) is 0 Å². The Bertz CT molecular complexity index is 442. The molecule has 1 fully saturated rings. The molecule has 1 amide bonds. The monoisotopic (exact) mass is 248 g/mol. The molecule has 0 spiro atoms. The highest BCUT2D eigenvalue weighted by Crippen LogP contribution is 2.12. The number of carbonyl (C=O) groups excluding carboxylic acids is 2. The molecular weight excluding hydrogens is 232 g/mol. The first-order chi connectivity index (χ1) is 8.69. The summed E-state index contributed by atoms with van der Waals surface area (Å²) in [5.74, 6) is 0.722. The Morgan fingerprint density at radius 3 is 2.72 bits per heavy atom. The van der Waals surface area contributed by atoms with Crippen molar-refractivity contribution in [1.82, 2.24) is 10.2 Å². The molecule has 1 aromatic rings. The zero-order valence-corrected chi connectivity index (χ0v) is 10.3. The fourth-order valence-electron chi connectivity index (χ4n) is 1.90. The molecule has 1 saturated heterocycles. The molecule has 2 rings (SSSR count). The van der Waals surface area contributed by atoms with Gasteiger partial charge in [0, 0.05) is 18.7 Å². The topological polar surface area (TPSA) is 58.6 Å². The predicted molar refractivity (Wildman–Crippen MR) is 66.8 cm³/mol. The molecule has 1 heterocycles. The Morgan fingerprint density at radius 2 is 2.11 bits per heavy atom. The second-order valence-electron chi connectivity index (χ2n) is 4.21. The van der Waals surface area contributed by atoms with Crippen molar-refractivity contribution >= 4 is 11.7 Å². The van der Waals surface area contributed by atoms with E-state index < -0.39 is 0 Å². The molecule has 0 aliphatic carbocycles. The van der Waals surface area contributed by atoms with Crippen LogP contribution in [0.5, 0.6) is 5.75 Å². The van der Waals surface area contributed by atoms with Crippen LogP contribution in [0.3, 0.4) is 0 Å². The Kier molecular flexibility index (Phi) is 3.94. The molecule has 5 heteroatoms. The second kappa shape index (κ2) is 5.64. The van der Waals surface area contributed by atoms with E-state index in [2.05, 4.69) is 5.32 Å². The molecule has 0 aromatic heterocycles. The molecule has 5 nitrogen and oxygen atoms in total. The maximum absolute atomic E-state index is 12.0. The van der Waals surface area contributed by atoms with E-state index in [-0.39, 0.29) is 18.2 Å². The lowest BCUT2D eigenvalue weighted by Gasteiger charge is -2.25. The van der Waals surface area contributed by atoms with Crippen LogP contribution >= 0.6 is 0 Å². The van der Waals surface area contributed by atoms with Gasteiger partial charge in [0.25, 0.3) is 0 Å². The van der Waals surface area contributed by atoms with Crippen molar-refractivity contribution in [3.63, 3.8) is 0 Å². The molecule has 1 aliphatic heterocycles. The van der Waals surface area contributed by atoms with Crippen molar-refractivity contribution in [2.24, 2.45) is 0 Å². The second-order valence-corrected chi connectivity index (χ2v) is 4.21. The van der Waals surface area contributed by atoms with E-state index in [0.29, 0.717) is 25.2 Å². The van der Waals surface area contributed by atoms with Gasteiger partial charge in [-0.1, -0.05) is 0 Å². The normalized spacial score (nSPS) is 16.2. The minimum absolute atomic E-state index is 0.0207. The number of carbonyl (C=O) groups is 2. The maximum atomic E-state index is 12.0. The van der Waals surface area contributed by atoms with Gasteiger partial charge >= 0.3 is 0 Å². The zero-order valence-electron chi connectivity index (χ0n) is 10.3. The quantitative estimate of drug-likeness (QED) is 0.779. The summed E-state index contributed by atoms with van der Waals surface area (Å²) in [6.45, 7) is 1.89. The summed E-state index contributed by atoms with van der Waals surface area (Å²) in [6, 6.07) is 7.00. The van der Waals surface area contributed by atoms with E-state index in [4.69, 9.17) is 4.74 Å². The van der Waals surface area contributed by atoms with Gasteiger partial charge in [-0.25, -0.2) is 0 Å². The maximum Gasteiger partial charge on any atom is 0.234 e. The fraction of sp³-hybridized carbons (Fsp3) is 0.385. The summed E-state index contributed by atoms with van der Waals surface area (Å²) in [5, 5.41) is 2.73. The molecule has 1 aliphatic rings. The van der Waals surface area contributed by atoms with Crippen LogP contribution in [0.25, 0.3) is 0 Å². The predicted octanol–water partition coefficient (Wildman–Crippen LogP) is 0.310. The summed E-state index contributed by atoms with van der Waals surface area (Å²) in [5.41, 5.74) is 0.641. The highest BCUT2D eigenvalue weighted by molar-refractivity contribution is 5.98. The number of benzene rings is 1. The van der Waals surface area contributed by atoms with Gasteiger partial charge in [0.1, 0.15) is 5.75 Å². The smallest absolute Gasteiger partial charge is 0.234 e. The fourth-order valence-corrected chi connectivity index (χ4v) is 1.90. The standard InChI is InChI=1S/C13H16N2O3/c1-18-11-4-2-10(3-5-11)12(16)8-15-7-6-14-13(17)9-15/h2-5H,6-9H2,1H3,(H,14,17). The molecule has 0 bridgehead atoms. The van der Waals surface area contributed by atoms with E-state index in [9.17, 15) is 9.59 Å². The van der Waals surface area contributed by atoms with Crippen molar-refractivity contribution < 1.29 is 14.3 Å². The van der Waals surface area contributed by atoms with E-state index >= 15 is 0 Å². The van der Waals surface area contributed by atoms with Crippen LogP contribution in [-0.4, -0.2) is 49.9 Å². The molecule has 0 radical (unpaired) electrons. The third kappa shape index (κ3) is 3.07. The van der Waals surface area contributed by atoms with Crippen LogP contribution in [0.15, 0.2) is 24.3 Å². The number of methoxy groups -OCH3 is 1. The molecule has 96 valence electrons. The molecule has 1 aromatic carbocycles. The number of ether oxygens (including phenoxy) is 1. The summed E-state index contributed by atoms with van der Waals surface area (Å²) in [7, 11) is 1.59. The van der Waals surface area contributed by atoms with E-state index in [0.717, 1.165) is 5.75 Å². The molecule has 0 saturated carbocycles. The number of rotatable bonds is 4. The average Bonchev–Trinajstić information content (AvgIpc) is 2.39. The number of Topliss-reactive ketones (excluding diaryl/α,β-unsaturated/α-hetero) is 1. The number of nitrogens with zero attached hydrogens (tertiary/aromatic N) is 1. The Morgan fingerprint density at radius 1 is 1.39 bits per heavy atom. The first kappa shape index (κ1) is 12.6. The van der Waals surface area contributed by atoms with E-state index in [1.165, 1.54) is 0 Å². The van der Waals surface area contributed by atoms with Gasteiger partial charge in [0.05, 0.1) is 20.2 Å². The van der Waals surface area contributed by atoms with Crippen molar-refractivity contribution in [2.45, 2.75) is 0 Å². The minimum atomic E-state index is -0.0243. The third-order valence-electron chi connectivity index (χ3n) is 2.90. The average molecular weight is 248 g/mol. The van der Waals surface area contributed by atoms with Crippen molar-refractivity contribution in [2.75, 3.05) is 33.3 Å². The van der Waals surface area contributed by atoms with Gasteiger partial charge in [-0.05, 0) is 24.3 Å². The van der Waals surface area contributed by atoms with Crippen molar-refractivity contribution in [3.05, 3.63) is 29.8 Å². The van der Waals surface area contributed by atoms with Crippen LogP contribution in [-0.2, 0) is 4.79 Å².